The normalized spacial score (nSPS) is 41.2. The minimum absolute atomic E-state index is 0.182. The average Bonchev–Trinajstić information content (AvgIpc) is 2.16. The lowest BCUT2D eigenvalue weighted by Gasteiger charge is -2.52. The number of ether oxygens (including phenoxy) is 1. The highest BCUT2D eigenvalue weighted by atomic mass is 79.9. The van der Waals surface area contributed by atoms with Crippen LogP contribution in [-0.2, 0) is 4.74 Å². The van der Waals surface area contributed by atoms with Gasteiger partial charge < -0.3 is 9.64 Å². The molecule has 1 saturated heterocycles. The van der Waals surface area contributed by atoms with E-state index in [2.05, 4.69) is 31.9 Å². The van der Waals surface area contributed by atoms with Gasteiger partial charge in [0.15, 0.2) is 0 Å². The summed E-state index contributed by atoms with van der Waals surface area (Å²) in [7, 11) is 1.44. The van der Waals surface area contributed by atoms with E-state index in [-0.39, 0.29) is 6.09 Å². The summed E-state index contributed by atoms with van der Waals surface area (Å²) in [6.45, 7) is 0.860. The van der Waals surface area contributed by atoms with Gasteiger partial charge in [-0.1, -0.05) is 31.9 Å². The molecule has 0 aromatic carbocycles. The van der Waals surface area contributed by atoms with Crippen LogP contribution in [0.15, 0.2) is 0 Å². The van der Waals surface area contributed by atoms with Crippen LogP contribution < -0.4 is 0 Å². The van der Waals surface area contributed by atoms with Crippen LogP contribution in [0.2, 0.25) is 0 Å². The predicted molar refractivity (Wildman–Crippen MR) is 61.1 cm³/mol. The first kappa shape index (κ1) is 10.7. The van der Waals surface area contributed by atoms with Crippen molar-refractivity contribution < 1.29 is 9.53 Å². The minimum Gasteiger partial charge on any atom is -0.453 e. The highest BCUT2D eigenvalue weighted by Crippen LogP contribution is 2.42. The molecule has 2 fully saturated rings. The van der Waals surface area contributed by atoms with Crippen molar-refractivity contribution in [1.82, 2.24) is 4.90 Å². The van der Waals surface area contributed by atoms with Gasteiger partial charge in [0, 0.05) is 22.2 Å². The third-order valence-electron chi connectivity index (χ3n) is 3.17. The third-order valence-corrected chi connectivity index (χ3v) is 5.91. The summed E-state index contributed by atoms with van der Waals surface area (Å²) in [6, 6.07) is 0.389. The van der Waals surface area contributed by atoms with Crippen molar-refractivity contribution in [3.63, 3.8) is 0 Å². The molecule has 14 heavy (non-hydrogen) atoms. The number of nitrogens with zero attached hydrogens (tertiary/aromatic N) is 1. The molecule has 0 N–H and O–H groups in total. The molecule has 2 aliphatic rings. The van der Waals surface area contributed by atoms with E-state index >= 15 is 0 Å². The number of rotatable bonds is 0. The van der Waals surface area contributed by atoms with E-state index in [1.54, 1.807) is 0 Å². The smallest absolute Gasteiger partial charge is 0.409 e. The van der Waals surface area contributed by atoms with Gasteiger partial charge in [0.05, 0.1) is 7.11 Å². The Bertz CT molecular complexity index is 249. The van der Waals surface area contributed by atoms with E-state index in [9.17, 15) is 4.79 Å². The number of likely N-dealkylation sites (tertiary alicyclic amines) is 1. The molecule has 0 aromatic rings. The molecule has 0 radical (unpaired) electrons. The summed E-state index contributed by atoms with van der Waals surface area (Å²) in [6.07, 6.45) is 1.99. The van der Waals surface area contributed by atoms with Gasteiger partial charge in [-0.15, -0.1) is 0 Å². The summed E-state index contributed by atoms with van der Waals surface area (Å²) < 4.78 is 4.73. The quantitative estimate of drug-likeness (QED) is 0.640. The molecule has 80 valence electrons. The SMILES string of the molecule is COC(=O)N1C[C@@H]2C[C@H](Br)[C@@H](Br)C[C@@H]21. The fourth-order valence-electron chi connectivity index (χ4n) is 2.32. The van der Waals surface area contributed by atoms with Crippen molar-refractivity contribution in [3.05, 3.63) is 0 Å². The first-order valence-corrected chi connectivity index (χ1v) is 6.59. The molecule has 2 rings (SSSR count). The Morgan fingerprint density at radius 1 is 1.36 bits per heavy atom. The van der Waals surface area contributed by atoms with Crippen LogP contribution in [0.1, 0.15) is 12.8 Å². The van der Waals surface area contributed by atoms with Gasteiger partial charge in [0.2, 0.25) is 0 Å². The molecule has 1 aliphatic heterocycles. The maximum absolute atomic E-state index is 11.3. The zero-order chi connectivity index (χ0) is 10.3. The maximum Gasteiger partial charge on any atom is 0.409 e. The molecule has 0 spiro atoms. The number of carbonyl (C=O) groups excluding carboxylic acids is 1. The Balaban J connectivity index is 1.96. The summed E-state index contributed by atoms with van der Waals surface area (Å²) in [5.41, 5.74) is 0. The number of methoxy groups -OCH3 is 1. The average molecular weight is 327 g/mol. The van der Waals surface area contributed by atoms with Crippen molar-refractivity contribution in [3.8, 4) is 0 Å². The highest BCUT2D eigenvalue weighted by molar-refractivity contribution is 9.12. The van der Waals surface area contributed by atoms with Crippen molar-refractivity contribution in [2.24, 2.45) is 5.92 Å². The second-order valence-corrected chi connectivity index (χ2v) is 6.31. The second-order valence-electron chi connectivity index (χ2n) is 3.95. The minimum atomic E-state index is -0.182. The largest absolute Gasteiger partial charge is 0.453 e. The zero-order valence-electron chi connectivity index (χ0n) is 7.95. The molecular weight excluding hydrogens is 314 g/mol. The fraction of sp³-hybridized carbons (Fsp3) is 0.889. The maximum atomic E-state index is 11.3. The van der Waals surface area contributed by atoms with Crippen molar-refractivity contribution in [2.45, 2.75) is 28.5 Å². The molecule has 5 heteroatoms. The lowest BCUT2D eigenvalue weighted by molar-refractivity contribution is -0.00401. The van der Waals surface area contributed by atoms with E-state index in [0.29, 0.717) is 21.6 Å². The molecule has 0 bridgehead atoms. The van der Waals surface area contributed by atoms with Gasteiger partial charge in [-0.3, -0.25) is 0 Å². The number of hydrogen-bond donors (Lipinski definition) is 0. The topological polar surface area (TPSA) is 29.5 Å². The molecule has 3 nitrogen and oxygen atoms in total. The van der Waals surface area contributed by atoms with Crippen LogP contribution in [0.5, 0.6) is 0 Å². The van der Waals surface area contributed by atoms with Gasteiger partial charge in [0.25, 0.3) is 0 Å². The van der Waals surface area contributed by atoms with Crippen LogP contribution in [0.4, 0.5) is 4.79 Å². The summed E-state index contributed by atoms with van der Waals surface area (Å²) in [4.78, 5) is 14.2. The highest BCUT2D eigenvalue weighted by Gasteiger charge is 2.47. The van der Waals surface area contributed by atoms with Crippen LogP contribution in [0.25, 0.3) is 0 Å². The van der Waals surface area contributed by atoms with E-state index in [0.717, 1.165) is 19.4 Å². The van der Waals surface area contributed by atoms with Crippen molar-refractivity contribution in [2.75, 3.05) is 13.7 Å². The Hall–Kier alpha value is 0.230. The number of fused-ring (bicyclic) bond motifs is 1. The van der Waals surface area contributed by atoms with E-state index in [1.165, 1.54) is 7.11 Å². The molecular formula is C9H13Br2NO2. The van der Waals surface area contributed by atoms with Crippen LogP contribution in [0.3, 0.4) is 0 Å². The summed E-state index contributed by atoms with van der Waals surface area (Å²) >= 11 is 7.28. The van der Waals surface area contributed by atoms with Crippen LogP contribution in [-0.4, -0.2) is 40.3 Å². The van der Waals surface area contributed by atoms with E-state index in [1.807, 2.05) is 4.90 Å². The van der Waals surface area contributed by atoms with Crippen LogP contribution >= 0.6 is 31.9 Å². The van der Waals surface area contributed by atoms with Crippen LogP contribution in [0, 0.1) is 5.92 Å². The van der Waals surface area contributed by atoms with E-state index < -0.39 is 0 Å². The van der Waals surface area contributed by atoms with Gasteiger partial charge >= 0.3 is 6.09 Å². The third kappa shape index (κ3) is 1.69. The molecule has 0 unspecified atom stereocenters. The number of amides is 1. The number of alkyl halides is 2. The molecule has 0 aromatic heterocycles. The number of carbonyl (C=O) groups is 1. The number of halogens is 2. The lowest BCUT2D eigenvalue weighted by atomic mass is 9.77. The summed E-state index contributed by atoms with van der Waals surface area (Å²) in [5, 5.41) is 0. The standard InChI is InChI=1S/C9H13Br2NO2/c1-14-9(13)12-4-5-2-6(10)7(11)3-8(5)12/h5-8H,2-4H2,1H3/t5-,6-,7-,8-/m0/s1. The molecule has 4 atom stereocenters. The molecule has 1 amide bonds. The van der Waals surface area contributed by atoms with Crippen molar-refractivity contribution >= 4 is 38.0 Å². The molecule has 1 aliphatic carbocycles. The zero-order valence-corrected chi connectivity index (χ0v) is 11.1. The second kappa shape index (κ2) is 4.00. The Kier molecular flexibility index (Phi) is 3.07. The molecule has 1 heterocycles. The monoisotopic (exact) mass is 325 g/mol. The Labute approximate surface area is 100 Å². The van der Waals surface area contributed by atoms with Gasteiger partial charge in [-0.05, 0) is 18.8 Å². The molecule has 1 saturated carbocycles. The fourth-order valence-corrected chi connectivity index (χ4v) is 3.61. The van der Waals surface area contributed by atoms with Gasteiger partial charge in [0.1, 0.15) is 0 Å². The Morgan fingerprint density at radius 3 is 2.64 bits per heavy atom. The predicted octanol–water partition coefficient (Wildman–Crippen LogP) is 2.37. The van der Waals surface area contributed by atoms with Gasteiger partial charge in [-0.2, -0.15) is 0 Å². The van der Waals surface area contributed by atoms with E-state index in [4.69, 9.17) is 4.74 Å². The first-order valence-electron chi connectivity index (χ1n) is 4.76. The first-order chi connectivity index (χ1) is 6.63. The van der Waals surface area contributed by atoms with Crippen molar-refractivity contribution in [1.29, 1.82) is 0 Å². The number of hydrogen-bond acceptors (Lipinski definition) is 2. The Morgan fingerprint density at radius 2 is 2.00 bits per heavy atom. The summed E-state index contributed by atoms with van der Waals surface area (Å²) in [5.74, 6) is 0.660. The lowest BCUT2D eigenvalue weighted by Crippen LogP contribution is -2.62. The van der Waals surface area contributed by atoms with Gasteiger partial charge in [-0.25, -0.2) is 4.79 Å².